The zero-order valence-electron chi connectivity index (χ0n) is 27.9. The van der Waals surface area contributed by atoms with Gasteiger partial charge in [-0.25, -0.2) is 18.8 Å². The normalized spacial score (nSPS) is 18.6. The number of nitrogens with zero attached hydrogens (tertiary/aromatic N) is 4. The number of para-hydroxylation sites is 1. The van der Waals surface area contributed by atoms with Gasteiger partial charge in [0.25, 0.3) is 5.91 Å². The number of benzene rings is 2. The number of nitrogens with one attached hydrogen (secondary N) is 1. The fourth-order valence-corrected chi connectivity index (χ4v) is 8.12. The Morgan fingerprint density at radius 2 is 1.82 bits per heavy atom. The molecule has 0 bridgehead atoms. The second-order valence-corrected chi connectivity index (χ2v) is 14.1. The second kappa shape index (κ2) is 17.6. The van der Waals surface area contributed by atoms with E-state index in [9.17, 15) is 18.9 Å². The van der Waals surface area contributed by atoms with Crippen LogP contribution in [-0.2, 0) is 23.1 Å². The molecule has 0 saturated carbocycles. The van der Waals surface area contributed by atoms with Gasteiger partial charge in [0.2, 0.25) is 0 Å². The van der Waals surface area contributed by atoms with Crippen molar-refractivity contribution in [3.8, 4) is 11.8 Å². The largest absolute Gasteiger partial charge is 0.513 e. The van der Waals surface area contributed by atoms with Gasteiger partial charge in [-0.2, -0.15) is 10.2 Å². The molecule has 49 heavy (non-hydrogen) atoms. The van der Waals surface area contributed by atoms with Crippen LogP contribution in [0.15, 0.2) is 76.6 Å². The van der Waals surface area contributed by atoms with Gasteiger partial charge in [-0.1, -0.05) is 30.3 Å². The van der Waals surface area contributed by atoms with Gasteiger partial charge in [0, 0.05) is 30.3 Å². The lowest BCUT2D eigenvalue weighted by Gasteiger charge is -2.37. The maximum atomic E-state index is 14.5. The highest BCUT2D eigenvalue weighted by molar-refractivity contribution is 7.98. The van der Waals surface area contributed by atoms with Gasteiger partial charge in [0.05, 0.1) is 24.0 Å². The molecule has 4 rings (SSSR count). The molecule has 0 spiro atoms. The van der Waals surface area contributed by atoms with Crippen molar-refractivity contribution in [3.63, 3.8) is 0 Å². The van der Waals surface area contributed by atoms with Crippen LogP contribution >= 0.6 is 19.5 Å². The SMILES string of the molecule is CSc1ccccc1OC(=O)OC[C@H]1O[C@@H](n2ccc(NC(=O)c3ccccc3)nc2=O)C[C@@H]1OP(=O)(OCCC#N)N(C(C)C)C(C)C. The molecule has 0 aliphatic carbocycles. The predicted octanol–water partition coefficient (Wildman–Crippen LogP) is 6.26. The van der Waals surface area contributed by atoms with Crippen LogP contribution in [0.5, 0.6) is 5.75 Å². The Labute approximate surface area is 289 Å². The van der Waals surface area contributed by atoms with E-state index in [4.69, 9.17) is 28.5 Å². The van der Waals surface area contributed by atoms with E-state index in [1.54, 1.807) is 53.2 Å². The predicted molar refractivity (Wildman–Crippen MR) is 182 cm³/mol. The van der Waals surface area contributed by atoms with Crippen molar-refractivity contribution in [1.82, 2.24) is 14.2 Å². The van der Waals surface area contributed by atoms with Crippen molar-refractivity contribution in [3.05, 3.63) is 82.9 Å². The van der Waals surface area contributed by atoms with Crippen molar-refractivity contribution in [2.24, 2.45) is 0 Å². The first-order chi connectivity index (χ1) is 23.4. The number of thioether (sulfide) groups is 1. The molecular weight excluding hydrogens is 673 g/mol. The molecule has 262 valence electrons. The molecular formula is C33H40N5O9PS. The van der Waals surface area contributed by atoms with Crippen molar-refractivity contribution >= 4 is 37.4 Å². The molecule has 1 saturated heterocycles. The number of nitriles is 1. The minimum Gasteiger partial charge on any atom is -0.431 e. The Balaban J connectivity index is 1.58. The molecule has 1 unspecified atom stereocenters. The van der Waals surface area contributed by atoms with E-state index < -0.39 is 43.9 Å². The van der Waals surface area contributed by atoms with E-state index in [0.29, 0.717) is 11.3 Å². The maximum Gasteiger partial charge on any atom is 0.513 e. The highest BCUT2D eigenvalue weighted by atomic mass is 32.2. The number of carbonyl (C=O) groups is 2. The Morgan fingerprint density at radius 3 is 2.47 bits per heavy atom. The minimum absolute atomic E-state index is 0.00861. The van der Waals surface area contributed by atoms with E-state index in [-0.39, 0.29) is 44.0 Å². The zero-order chi connectivity index (χ0) is 35.6. The van der Waals surface area contributed by atoms with Gasteiger partial charge in [0.1, 0.15) is 36.6 Å². The molecule has 4 atom stereocenters. The van der Waals surface area contributed by atoms with Crippen molar-refractivity contribution in [1.29, 1.82) is 5.26 Å². The Bertz CT molecular complexity index is 1730. The third-order valence-electron chi connectivity index (χ3n) is 7.30. The summed E-state index contributed by atoms with van der Waals surface area (Å²) >= 11 is 1.40. The number of anilines is 1. The fourth-order valence-electron chi connectivity index (χ4n) is 5.28. The number of carbonyl (C=O) groups excluding carboxylic acids is 2. The number of ether oxygens (including phenoxy) is 3. The molecule has 1 fully saturated rings. The van der Waals surface area contributed by atoms with E-state index in [2.05, 4.69) is 10.3 Å². The van der Waals surface area contributed by atoms with Crippen LogP contribution in [0.3, 0.4) is 0 Å². The summed E-state index contributed by atoms with van der Waals surface area (Å²) in [6.45, 7) is 6.82. The number of hydrogen-bond acceptors (Lipinski definition) is 12. The Morgan fingerprint density at radius 1 is 1.12 bits per heavy atom. The molecule has 1 aliphatic heterocycles. The molecule has 1 aliphatic rings. The molecule has 1 amide bonds. The van der Waals surface area contributed by atoms with Gasteiger partial charge >= 0.3 is 19.6 Å². The molecule has 1 N–H and O–H groups in total. The standard InChI is InChI=1S/C33H40N5O9PS/c1-22(2)38(23(3)4)48(42,44-19-11-17-34)47-26-20-30(45-27(26)21-43-33(41)46-25-14-9-10-15-28(25)49-5)37-18-16-29(36-32(37)40)35-31(39)24-12-7-6-8-13-24/h6-10,12-16,18,22-23,26-27,30H,11,19-21H2,1-5H3,(H,35,36,39,40)/t26-,27+,30+,48?/m0/s1. The van der Waals surface area contributed by atoms with Gasteiger partial charge in [-0.3, -0.25) is 18.4 Å². The quantitative estimate of drug-likeness (QED) is 0.0616. The van der Waals surface area contributed by atoms with Crippen LogP contribution in [0, 0.1) is 11.3 Å². The first kappa shape index (κ1) is 37.8. The highest BCUT2D eigenvalue weighted by Gasteiger charge is 2.46. The third-order valence-corrected chi connectivity index (χ3v) is 10.6. The van der Waals surface area contributed by atoms with Crippen LogP contribution in [0.2, 0.25) is 0 Å². The summed E-state index contributed by atoms with van der Waals surface area (Å²) in [6.07, 6.45) is -0.783. The topological polar surface area (TPSA) is 171 Å². The lowest BCUT2D eigenvalue weighted by Crippen LogP contribution is -2.38. The van der Waals surface area contributed by atoms with Gasteiger partial charge < -0.3 is 19.5 Å². The second-order valence-electron chi connectivity index (χ2n) is 11.4. The number of rotatable bonds is 15. The van der Waals surface area contributed by atoms with E-state index in [1.807, 2.05) is 46.1 Å². The zero-order valence-corrected chi connectivity index (χ0v) is 29.6. The lowest BCUT2D eigenvalue weighted by atomic mass is 10.2. The fraction of sp³-hybridized carbons (Fsp3) is 0.424. The summed E-state index contributed by atoms with van der Waals surface area (Å²) in [5, 5.41) is 11.7. The first-order valence-corrected chi connectivity index (χ1v) is 18.3. The molecule has 14 nitrogen and oxygen atoms in total. The van der Waals surface area contributed by atoms with Crippen LogP contribution in [-0.4, -0.2) is 70.0 Å². The van der Waals surface area contributed by atoms with Crippen molar-refractivity contribution in [2.75, 3.05) is 24.8 Å². The van der Waals surface area contributed by atoms with Gasteiger partial charge in [0.15, 0.2) is 0 Å². The highest BCUT2D eigenvalue weighted by Crippen LogP contribution is 2.57. The first-order valence-electron chi connectivity index (χ1n) is 15.6. The molecule has 2 aromatic carbocycles. The van der Waals surface area contributed by atoms with Crippen LogP contribution in [0.1, 0.15) is 57.1 Å². The number of hydrogen-bond donors (Lipinski definition) is 1. The average molecular weight is 714 g/mol. The van der Waals surface area contributed by atoms with Crippen molar-refractivity contribution in [2.45, 2.75) is 76.0 Å². The van der Waals surface area contributed by atoms with Crippen molar-refractivity contribution < 1.29 is 37.4 Å². The molecule has 16 heteroatoms. The molecule has 0 radical (unpaired) electrons. The van der Waals surface area contributed by atoms with Gasteiger partial charge in [-0.05, 0) is 64.3 Å². The van der Waals surface area contributed by atoms with Crippen LogP contribution < -0.4 is 15.7 Å². The van der Waals surface area contributed by atoms with E-state index in [1.165, 1.54) is 28.6 Å². The summed E-state index contributed by atoms with van der Waals surface area (Å²) in [7, 11) is -4.08. The molecule has 2 heterocycles. The molecule has 3 aromatic rings. The van der Waals surface area contributed by atoms with Crippen LogP contribution in [0.25, 0.3) is 0 Å². The average Bonchev–Trinajstić information content (AvgIpc) is 3.45. The monoisotopic (exact) mass is 713 g/mol. The minimum atomic E-state index is -4.08. The Hall–Kier alpha value is -4.03. The Kier molecular flexibility index (Phi) is 13.6. The summed E-state index contributed by atoms with van der Waals surface area (Å²) in [5.41, 5.74) is -0.340. The maximum absolute atomic E-state index is 14.5. The summed E-state index contributed by atoms with van der Waals surface area (Å²) in [4.78, 5) is 43.3. The summed E-state index contributed by atoms with van der Waals surface area (Å²) < 4.78 is 46.3. The number of aromatic nitrogens is 2. The molecule has 1 aromatic heterocycles. The smallest absolute Gasteiger partial charge is 0.431 e. The van der Waals surface area contributed by atoms with Gasteiger partial charge in [-0.15, -0.1) is 11.8 Å². The van der Waals surface area contributed by atoms with E-state index in [0.717, 1.165) is 4.90 Å². The third kappa shape index (κ3) is 10.0. The van der Waals surface area contributed by atoms with E-state index >= 15 is 0 Å². The lowest BCUT2D eigenvalue weighted by molar-refractivity contribution is -0.0538. The summed E-state index contributed by atoms with van der Waals surface area (Å²) in [5.74, 6) is -0.0870. The van der Waals surface area contributed by atoms with Crippen LogP contribution in [0.4, 0.5) is 10.6 Å². The number of amides is 1. The summed E-state index contributed by atoms with van der Waals surface area (Å²) in [6, 6.07) is 18.3.